The van der Waals surface area contributed by atoms with Crippen molar-refractivity contribution in [2.45, 2.75) is 6.42 Å². The summed E-state index contributed by atoms with van der Waals surface area (Å²) in [6.45, 7) is 0. The van der Waals surface area contributed by atoms with Crippen LogP contribution >= 0.6 is 0 Å². The molecule has 0 saturated heterocycles. The van der Waals surface area contributed by atoms with Gasteiger partial charge in [-0.2, -0.15) is 5.26 Å². The van der Waals surface area contributed by atoms with Gasteiger partial charge in [0.05, 0.1) is 16.7 Å². The number of benzene rings is 4. The molecule has 4 nitrogen and oxygen atoms in total. The predicted molar refractivity (Wildman–Crippen MR) is 130 cm³/mol. The van der Waals surface area contributed by atoms with E-state index in [0.29, 0.717) is 12.1 Å². The Hall–Kier alpha value is -4.49. The highest BCUT2D eigenvalue weighted by Gasteiger charge is 2.16. The second-order valence-corrected chi connectivity index (χ2v) is 7.99. The van der Waals surface area contributed by atoms with E-state index in [-0.39, 0.29) is 5.69 Å². The van der Waals surface area contributed by atoms with Gasteiger partial charge in [-0.15, -0.1) is 0 Å². The maximum atomic E-state index is 9.69. The second-order valence-electron chi connectivity index (χ2n) is 7.99. The third kappa shape index (κ3) is 2.76. The van der Waals surface area contributed by atoms with E-state index in [1.807, 2.05) is 42.5 Å². The average molecular weight is 410 g/mol. The summed E-state index contributed by atoms with van der Waals surface area (Å²) in [5.74, 6) is 0. The molecule has 0 spiro atoms. The molecule has 0 aliphatic carbocycles. The number of hydrogen-bond acceptors (Lipinski definition) is 4. The number of hydrogen-bond donors (Lipinski definition) is 1. The van der Waals surface area contributed by atoms with Gasteiger partial charge in [-0.25, -0.2) is 4.98 Å². The van der Waals surface area contributed by atoms with Crippen LogP contribution < -0.4 is 5.73 Å². The van der Waals surface area contributed by atoms with Crippen molar-refractivity contribution in [1.29, 1.82) is 5.26 Å². The van der Waals surface area contributed by atoms with Crippen molar-refractivity contribution in [3.8, 4) is 6.07 Å². The Morgan fingerprint density at radius 3 is 2.03 bits per heavy atom. The molecule has 0 fully saturated rings. The van der Waals surface area contributed by atoms with Gasteiger partial charge < -0.3 is 5.73 Å². The summed E-state index contributed by atoms with van der Waals surface area (Å²) in [6, 6.07) is 31.0. The average Bonchev–Trinajstić information content (AvgIpc) is 2.85. The lowest BCUT2D eigenvalue weighted by molar-refractivity contribution is 1.11. The van der Waals surface area contributed by atoms with Gasteiger partial charge in [-0.3, -0.25) is 4.98 Å². The van der Waals surface area contributed by atoms with Gasteiger partial charge >= 0.3 is 0 Å². The van der Waals surface area contributed by atoms with Crippen LogP contribution in [0.4, 0.5) is 5.69 Å². The number of nitrogens with two attached hydrogens (primary N) is 1. The van der Waals surface area contributed by atoms with E-state index in [1.165, 1.54) is 0 Å². The molecule has 2 N–H and O–H groups in total. The number of nitrogens with zero attached hydrogens (tertiary/aromatic N) is 3. The highest BCUT2D eigenvalue weighted by atomic mass is 14.8. The fourth-order valence-electron chi connectivity index (χ4n) is 4.53. The molecular formula is C28H18N4. The van der Waals surface area contributed by atoms with Crippen LogP contribution in [0.5, 0.6) is 0 Å². The quantitative estimate of drug-likeness (QED) is 0.348. The lowest BCUT2D eigenvalue weighted by Gasteiger charge is -2.13. The van der Waals surface area contributed by atoms with Crippen molar-refractivity contribution >= 4 is 49.0 Å². The maximum Gasteiger partial charge on any atom is 0.164 e. The zero-order chi connectivity index (χ0) is 21.7. The number of rotatable bonds is 2. The summed E-state index contributed by atoms with van der Waals surface area (Å²) in [5.41, 5.74) is 10.7. The van der Waals surface area contributed by atoms with Crippen LogP contribution in [0.2, 0.25) is 0 Å². The Labute approximate surface area is 184 Å². The van der Waals surface area contributed by atoms with Crippen LogP contribution in [0.15, 0.2) is 84.9 Å². The molecule has 6 aromatic rings. The fourth-order valence-corrected chi connectivity index (χ4v) is 4.53. The molecule has 0 bridgehead atoms. The van der Waals surface area contributed by atoms with Crippen LogP contribution in [0.1, 0.15) is 17.0 Å². The van der Waals surface area contributed by atoms with Gasteiger partial charge in [-0.05, 0) is 22.4 Å². The highest BCUT2D eigenvalue weighted by Crippen LogP contribution is 2.33. The largest absolute Gasteiger partial charge is 0.396 e. The summed E-state index contributed by atoms with van der Waals surface area (Å²) < 4.78 is 0. The molecule has 2 aromatic heterocycles. The number of pyridine rings is 2. The first-order chi connectivity index (χ1) is 15.7. The van der Waals surface area contributed by atoms with E-state index < -0.39 is 0 Å². The number of fused-ring (bicyclic) bond motifs is 6. The minimum atomic E-state index is 0.259. The fraction of sp³-hybridized carbons (Fsp3) is 0.0357. The van der Waals surface area contributed by atoms with Crippen molar-refractivity contribution < 1.29 is 0 Å². The summed E-state index contributed by atoms with van der Waals surface area (Å²) in [5, 5.41) is 16.1. The molecule has 0 unspecified atom stereocenters. The minimum absolute atomic E-state index is 0.259. The van der Waals surface area contributed by atoms with E-state index in [1.54, 1.807) is 0 Å². The lowest BCUT2D eigenvalue weighted by atomic mass is 9.97. The first-order valence-corrected chi connectivity index (χ1v) is 10.5. The molecule has 0 aliphatic heterocycles. The highest BCUT2D eigenvalue weighted by molar-refractivity contribution is 6.08. The van der Waals surface area contributed by atoms with E-state index >= 15 is 0 Å². The van der Waals surface area contributed by atoms with Crippen LogP contribution in [-0.2, 0) is 6.42 Å². The molecule has 6 rings (SSSR count). The number of aromatic nitrogens is 2. The van der Waals surface area contributed by atoms with Gasteiger partial charge in [0.2, 0.25) is 0 Å². The lowest BCUT2D eigenvalue weighted by Crippen LogP contribution is -2.04. The molecule has 0 atom stereocenters. The Balaban J connectivity index is 1.59. The summed E-state index contributed by atoms with van der Waals surface area (Å²) in [4.78, 5) is 9.61. The van der Waals surface area contributed by atoms with Crippen molar-refractivity contribution in [2.24, 2.45) is 0 Å². The summed E-state index contributed by atoms with van der Waals surface area (Å²) in [7, 11) is 0. The van der Waals surface area contributed by atoms with Gasteiger partial charge in [0.15, 0.2) is 5.69 Å². The molecule has 0 radical (unpaired) electrons. The number of nitrogen functional groups attached to an aromatic ring is 1. The zero-order valence-corrected chi connectivity index (χ0v) is 17.2. The zero-order valence-electron chi connectivity index (χ0n) is 17.2. The Kier molecular flexibility index (Phi) is 4.02. The van der Waals surface area contributed by atoms with Crippen LogP contribution in [0.25, 0.3) is 43.4 Å². The predicted octanol–water partition coefficient (Wildman–Crippen LogP) is 6.13. The standard InChI is InChI=1S/C28H18N4/c29-16-25-26(30)24(23-14-12-18-6-2-4-8-22(18)28(23)32-25)15-20-13-11-19-10-9-17-5-1-3-7-21(17)27(19)31-20/h1-14H,15,30H2. The van der Waals surface area contributed by atoms with E-state index in [2.05, 4.69) is 53.5 Å². The molecule has 4 aromatic carbocycles. The third-order valence-corrected chi connectivity index (χ3v) is 6.14. The Bertz CT molecular complexity index is 1730. The minimum Gasteiger partial charge on any atom is -0.396 e. The molecule has 150 valence electrons. The first-order valence-electron chi connectivity index (χ1n) is 10.5. The molecule has 4 heteroatoms. The van der Waals surface area contributed by atoms with Crippen molar-refractivity contribution in [3.63, 3.8) is 0 Å². The smallest absolute Gasteiger partial charge is 0.164 e. The van der Waals surface area contributed by atoms with Crippen LogP contribution in [0.3, 0.4) is 0 Å². The van der Waals surface area contributed by atoms with Gasteiger partial charge in [0.1, 0.15) is 6.07 Å². The normalized spacial score (nSPS) is 11.3. The van der Waals surface area contributed by atoms with Crippen LogP contribution in [-0.4, -0.2) is 9.97 Å². The molecule has 0 saturated carbocycles. The third-order valence-electron chi connectivity index (χ3n) is 6.14. The summed E-state index contributed by atoms with van der Waals surface area (Å²) in [6.07, 6.45) is 0.525. The Morgan fingerprint density at radius 1 is 0.656 bits per heavy atom. The van der Waals surface area contributed by atoms with Crippen molar-refractivity contribution in [3.05, 3.63) is 102 Å². The van der Waals surface area contributed by atoms with Crippen LogP contribution in [0, 0.1) is 11.3 Å². The number of nitriles is 1. The second kappa shape index (κ2) is 7.04. The molecule has 0 aliphatic rings. The SMILES string of the molecule is N#Cc1nc2c(ccc3ccccc32)c(Cc2ccc3ccc4ccccc4c3n2)c1N. The van der Waals surface area contributed by atoms with Gasteiger partial charge in [-0.1, -0.05) is 78.9 Å². The Morgan fingerprint density at radius 2 is 1.28 bits per heavy atom. The maximum absolute atomic E-state index is 9.69. The van der Waals surface area contributed by atoms with Crippen molar-refractivity contribution in [1.82, 2.24) is 9.97 Å². The molecule has 0 amide bonds. The topological polar surface area (TPSA) is 75.6 Å². The van der Waals surface area contributed by atoms with E-state index in [4.69, 9.17) is 10.7 Å². The van der Waals surface area contributed by atoms with E-state index in [9.17, 15) is 5.26 Å². The monoisotopic (exact) mass is 410 g/mol. The first kappa shape index (κ1) is 18.3. The molecule has 2 heterocycles. The van der Waals surface area contributed by atoms with Crippen molar-refractivity contribution in [2.75, 3.05) is 5.73 Å². The molecule has 32 heavy (non-hydrogen) atoms. The van der Waals surface area contributed by atoms with Gasteiger partial charge in [0.25, 0.3) is 0 Å². The molecular weight excluding hydrogens is 392 g/mol. The number of anilines is 1. The van der Waals surface area contributed by atoms with E-state index in [0.717, 1.165) is 54.6 Å². The van der Waals surface area contributed by atoms with Gasteiger partial charge in [0, 0.05) is 33.7 Å². The summed E-state index contributed by atoms with van der Waals surface area (Å²) >= 11 is 0.